The van der Waals surface area contributed by atoms with Crippen molar-refractivity contribution in [1.82, 2.24) is 4.98 Å². The van der Waals surface area contributed by atoms with Crippen LogP contribution in [0, 0.1) is 0 Å². The van der Waals surface area contributed by atoms with Crippen molar-refractivity contribution >= 4 is 22.4 Å². The van der Waals surface area contributed by atoms with Crippen molar-refractivity contribution in [3.8, 4) is 0 Å². The first-order valence-corrected chi connectivity index (χ1v) is 5.52. The number of aliphatic hydroxyl groups excluding tert-OH is 2. The Labute approximate surface area is 98.3 Å². The number of nitrogens with zero attached hydrogens (tertiary/aromatic N) is 1. The second-order valence-corrected chi connectivity index (χ2v) is 3.92. The Morgan fingerprint density at radius 1 is 1.25 bits per heavy atom. The Bertz CT molecular complexity index is 484. The fourth-order valence-corrected chi connectivity index (χ4v) is 1.87. The third-order valence-corrected chi connectivity index (χ3v) is 2.87. The monoisotopic (exact) mass is 237 g/mol. The van der Waals surface area contributed by atoms with Crippen molar-refractivity contribution in [1.29, 1.82) is 0 Å². The Morgan fingerprint density at radius 2 is 2.06 bits per heavy atom. The summed E-state index contributed by atoms with van der Waals surface area (Å²) in [5.41, 5.74) is 0.674. The van der Waals surface area contributed by atoms with E-state index in [1.54, 1.807) is 18.5 Å². The van der Waals surface area contributed by atoms with Gasteiger partial charge in [0.1, 0.15) is 6.10 Å². The summed E-state index contributed by atoms with van der Waals surface area (Å²) in [6.07, 6.45) is 1.45. The van der Waals surface area contributed by atoms with Crippen molar-refractivity contribution in [2.24, 2.45) is 0 Å². The van der Waals surface area contributed by atoms with E-state index in [2.05, 4.69) is 4.98 Å². The van der Waals surface area contributed by atoms with E-state index >= 15 is 0 Å². The summed E-state index contributed by atoms with van der Waals surface area (Å²) in [4.78, 5) is 4.01. The van der Waals surface area contributed by atoms with Gasteiger partial charge in [0.15, 0.2) is 0 Å². The van der Waals surface area contributed by atoms with E-state index in [4.69, 9.17) is 11.6 Å². The molecule has 0 spiro atoms. The lowest BCUT2D eigenvalue weighted by atomic mass is 9.99. The highest BCUT2D eigenvalue weighted by Gasteiger charge is 2.19. The fraction of sp³-hybridized carbons (Fsp3) is 0.250. The number of fused-ring (bicyclic) bond motifs is 1. The van der Waals surface area contributed by atoms with Gasteiger partial charge in [-0.3, -0.25) is 4.98 Å². The Morgan fingerprint density at radius 3 is 2.81 bits per heavy atom. The first-order valence-electron chi connectivity index (χ1n) is 4.99. The van der Waals surface area contributed by atoms with E-state index in [-0.39, 0.29) is 5.88 Å². The highest BCUT2D eigenvalue weighted by molar-refractivity contribution is 6.18. The van der Waals surface area contributed by atoms with E-state index in [0.29, 0.717) is 5.56 Å². The zero-order valence-electron chi connectivity index (χ0n) is 8.55. The van der Waals surface area contributed by atoms with Crippen LogP contribution in [-0.4, -0.2) is 27.2 Å². The Hall–Kier alpha value is -1.16. The van der Waals surface area contributed by atoms with Crippen LogP contribution in [0.5, 0.6) is 0 Å². The van der Waals surface area contributed by atoms with Gasteiger partial charge in [-0.1, -0.05) is 18.2 Å². The molecule has 0 radical (unpaired) electrons. The molecule has 0 fully saturated rings. The summed E-state index contributed by atoms with van der Waals surface area (Å²) in [6.45, 7) is 0. The minimum Gasteiger partial charge on any atom is -0.389 e. The number of hydrogen-bond acceptors (Lipinski definition) is 3. The molecule has 2 aromatic rings. The van der Waals surface area contributed by atoms with Crippen LogP contribution in [-0.2, 0) is 0 Å². The highest BCUT2D eigenvalue weighted by atomic mass is 35.5. The second-order valence-electron chi connectivity index (χ2n) is 3.61. The summed E-state index contributed by atoms with van der Waals surface area (Å²) in [7, 11) is 0. The maximum absolute atomic E-state index is 9.93. The second kappa shape index (κ2) is 4.78. The van der Waals surface area contributed by atoms with Crippen molar-refractivity contribution in [2.75, 3.05) is 5.88 Å². The zero-order chi connectivity index (χ0) is 11.5. The molecule has 84 valence electrons. The number of halogens is 1. The van der Waals surface area contributed by atoms with Gasteiger partial charge in [0, 0.05) is 17.8 Å². The van der Waals surface area contributed by atoms with Crippen LogP contribution < -0.4 is 0 Å². The van der Waals surface area contributed by atoms with Gasteiger partial charge in [-0.15, -0.1) is 11.6 Å². The van der Waals surface area contributed by atoms with Gasteiger partial charge in [0.25, 0.3) is 0 Å². The number of alkyl halides is 1. The molecule has 0 bridgehead atoms. The molecule has 0 aliphatic rings. The number of pyridine rings is 1. The summed E-state index contributed by atoms with van der Waals surface area (Å²) in [5, 5.41) is 21.3. The van der Waals surface area contributed by atoms with Crippen molar-refractivity contribution in [3.63, 3.8) is 0 Å². The number of rotatable bonds is 3. The highest BCUT2D eigenvalue weighted by Crippen LogP contribution is 2.25. The van der Waals surface area contributed by atoms with Crippen molar-refractivity contribution in [2.45, 2.75) is 12.2 Å². The van der Waals surface area contributed by atoms with Gasteiger partial charge in [-0.05, 0) is 17.0 Å². The molecular formula is C12H12ClNO2. The normalized spacial score (nSPS) is 14.9. The number of aromatic nitrogens is 1. The molecule has 0 saturated carbocycles. The van der Waals surface area contributed by atoms with E-state index in [1.807, 2.05) is 18.2 Å². The molecular weight excluding hydrogens is 226 g/mol. The molecule has 1 aromatic carbocycles. The minimum atomic E-state index is -0.969. The summed E-state index contributed by atoms with van der Waals surface area (Å²) < 4.78 is 0. The van der Waals surface area contributed by atoms with Crippen LogP contribution in [0.3, 0.4) is 0 Å². The predicted octanol–water partition coefficient (Wildman–Crippen LogP) is 1.87. The molecule has 0 amide bonds. The number of aliphatic hydroxyl groups is 2. The SMILES string of the molecule is OC(CCl)C(O)c1cccc2cnccc12. The molecule has 2 unspecified atom stereocenters. The molecule has 1 heterocycles. The Kier molecular flexibility index (Phi) is 3.39. The summed E-state index contributed by atoms with van der Waals surface area (Å²) >= 11 is 5.53. The molecule has 1 aromatic heterocycles. The van der Waals surface area contributed by atoms with Crippen LogP contribution in [0.2, 0.25) is 0 Å². The lowest BCUT2D eigenvalue weighted by Crippen LogP contribution is -2.19. The van der Waals surface area contributed by atoms with Crippen LogP contribution in [0.1, 0.15) is 11.7 Å². The molecule has 16 heavy (non-hydrogen) atoms. The maximum Gasteiger partial charge on any atom is 0.107 e. The topological polar surface area (TPSA) is 53.4 Å². The predicted molar refractivity (Wildman–Crippen MR) is 63.4 cm³/mol. The lowest BCUT2D eigenvalue weighted by Gasteiger charge is -2.17. The van der Waals surface area contributed by atoms with E-state index in [0.717, 1.165) is 10.8 Å². The quantitative estimate of drug-likeness (QED) is 0.802. The van der Waals surface area contributed by atoms with E-state index in [9.17, 15) is 10.2 Å². The van der Waals surface area contributed by atoms with Crippen molar-refractivity contribution < 1.29 is 10.2 Å². The molecule has 2 atom stereocenters. The molecule has 0 aliphatic carbocycles. The van der Waals surface area contributed by atoms with Crippen LogP contribution >= 0.6 is 11.6 Å². The molecule has 4 heteroatoms. The van der Waals surface area contributed by atoms with Gasteiger partial charge in [0.05, 0.1) is 12.0 Å². The fourth-order valence-electron chi connectivity index (χ4n) is 1.70. The van der Waals surface area contributed by atoms with Crippen molar-refractivity contribution in [3.05, 3.63) is 42.2 Å². The third kappa shape index (κ3) is 2.02. The largest absolute Gasteiger partial charge is 0.389 e. The molecule has 3 nitrogen and oxygen atoms in total. The summed E-state index contributed by atoms with van der Waals surface area (Å²) in [5.74, 6) is 0.00262. The van der Waals surface area contributed by atoms with Gasteiger partial charge in [0.2, 0.25) is 0 Å². The molecule has 2 rings (SSSR count). The number of hydrogen-bond donors (Lipinski definition) is 2. The van der Waals surface area contributed by atoms with Crippen LogP contribution in [0.15, 0.2) is 36.7 Å². The van der Waals surface area contributed by atoms with E-state index in [1.165, 1.54) is 0 Å². The first kappa shape index (κ1) is 11.3. The average Bonchev–Trinajstić information content (AvgIpc) is 2.36. The van der Waals surface area contributed by atoms with Crippen LogP contribution in [0.25, 0.3) is 10.8 Å². The van der Waals surface area contributed by atoms with E-state index < -0.39 is 12.2 Å². The van der Waals surface area contributed by atoms with Gasteiger partial charge in [-0.25, -0.2) is 0 Å². The van der Waals surface area contributed by atoms with Gasteiger partial charge >= 0.3 is 0 Å². The standard InChI is InChI=1S/C12H12ClNO2/c13-6-11(15)12(16)10-3-1-2-8-7-14-5-4-9(8)10/h1-5,7,11-12,15-16H,6H2. The first-order chi connectivity index (χ1) is 7.74. The average molecular weight is 238 g/mol. The molecule has 2 N–H and O–H groups in total. The smallest absolute Gasteiger partial charge is 0.107 e. The minimum absolute atomic E-state index is 0.00262. The molecule has 0 saturated heterocycles. The Balaban J connectivity index is 2.52. The maximum atomic E-state index is 9.93. The number of benzene rings is 1. The van der Waals surface area contributed by atoms with Gasteiger partial charge in [-0.2, -0.15) is 0 Å². The lowest BCUT2D eigenvalue weighted by molar-refractivity contribution is 0.0336. The summed E-state index contributed by atoms with van der Waals surface area (Å²) in [6, 6.07) is 7.33. The van der Waals surface area contributed by atoms with Crippen LogP contribution in [0.4, 0.5) is 0 Å². The molecule has 0 aliphatic heterocycles. The third-order valence-electron chi connectivity index (χ3n) is 2.56. The zero-order valence-corrected chi connectivity index (χ0v) is 9.30. The van der Waals surface area contributed by atoms with Gasteiger partial charge < -0.3 is 10.2 Å².